The fourth-order valence-corrected chi connectivity index (χ4v) is 2.50. The number of halogens is 1. The van der Waals surface area contributed by atoms with E-state index >= 15 is 0 Å². The third-order valence-corrected chi connectivity index (χ3v) is 3.55. The predicted octanol–water partition coefficient (Wildman–Crippen LogP) is 2.79. The van der Waals surface area contributed by atoms with Crippen molar-refractivity contribution in [3.8, 4) is 0 Å². The van der Waals surface area contributed by atoms with Gasteiger partial charge in [-0.05, 0) is 39.9 Å². The van der Waals surface area contributed by atoms with Gasteiger partial charge in [0.15, 0.2) is 0 Å². The van der Waals surface area contributed by atoms with Crippen LogP contribution in [0.5, 0.6) is 0 Å². The molecule has 0 radical (unpaired) electrons. The van der Waals surface area contributed by atoms with Crippen molar-refractivity contribution in [3.05, 3.63) is 20.8 Å². The first-order chi connectivity index (χ1) is 6.50. The zero-order chi connectivity index (χ0) is 10.7. The maximum absolute atomic E-state index is 11.5. The number of carbonyl (C=O) groups is 1. The van der Waals surface area contributed by atoms with E-state index in [1.54, 1.807) is 30.2 Å². The molecule has 0 aliphatic carbocycles. The molecule has 1 amide bonds. The van der Waals surface area contributed by atoms with Gasteiger partial charge in [-0.3, -0.25) is 4.79 Å². The Bertz CT molecular complexity index is 324. The van der Waals surface area contributed by atoms with Crippen LogP contribution in [0, 0.1) is 0 Å². The van der Waals surface area contributed by atoms with Crippen LogP contribution in [0.25, 0.3) is 0 Å². The van der Waals surface area contributed by atoms with E-state index in [4.69, 9.17) is 0 Å². The van der Waals surface area contributed by atoms with E-state index in [1.165, 1.54) is 0 Å². The molecular weight excluding hydrogens is 282 g/mol. The minimum atomic E-state index is -0.234. The molecule has 14 heavy (non-hydrogen) atoms. The summed E-state index contributed by atoms with van der Waals surface area (Å²) >= 11 is 9.12. The number of thiol groups is 1. The second-order valence-corrected chi connectivity index (χ2v) is 6.19. The van der Waals surface area contributed by atoms with E-state index < -0.39 is 0 Å². The molecule has 0 saturated carbocycles. The van der Waals surface area contributed by atoms with Crippen LogP contribution < -0.4 is 0 Å². The lowest BCUT2D eigenvalue weighted by molar-refractivity contribution is -0.129. The van der Waals surface area contributed by atoms with Gasteiger partial charge in [0.1, 0.15) is 0 Å². The molecule has 0 aliphatic heterocycles. The topological polar surface area (TPSA) is 20.3 Å². The summed E-state index contributed by atoms with van der Waals surface area (Å²) in [7, 11) is 1.79. The molecule has 1 atom stereocenters. The van der Waals surface area contributed by atoms with Crippen LogP contribution in [0.15, 0.2) is 15.2 Å². The van der Waals surface area contributed by atoms with E-state index in [-0.39, 0.29) is 11.2 Å². The van der Waals surface area contributed by atoms with Gasteiger partial charge in [-0.1, -0.05) is 0 Å². The van der Waals surface area contributed by atoms with Gasteiger partial charge >= 0.3 is 0 Å². The fraction of sp³-hybridized carbons (Fsp3) is 0.444. The second-order valence-electron chi connectivity index (χ2n) is 3.13. The van der Waals surface area contributed by atoms with Crippen LogP contribution >= 0.6 is 39.9 Å². The summed E-state index contributed by atoms with van der Waals surface area (Å²) in [6, 6.07) is 2.03. The number of nitrogens with zero attached hydrogens (tertiary/aromatic N) is 1. The predicted molar refractivity (Wildman–Crippen MR) is 66.9 cm³/mol. The molecule has 0 N–H and O–H groups in total. The number of thiophene rings is 1. The highest BCUT2D eigenvalue weighted by Gasteiger charge is 2.13. The van der Waals surface area contributed by atoms with E-state index in [1.807, 2.05) is 11.4 Å². The molecule has 78 valence electrons. The lowest BCUT2D eigenvalue weighted by Gasteiger charge is -2.18. The Morgan fingerprint density at radius 1 is 1.79 bits per heavy atom. The summed E-state index contributed by atoms with van der Waals surface area (Å²) in [5.74, 6) is 0.0515. The summed E-state index contributed by atoms with van der Waals surface area (Å²) in [6.45, 7) is 2.43. The van der Waals surface area contributed by atoms with Crippen LogP contribution in [0.4, 0.5) is 0 Å². The molecule has 1 aromatic rings. The Hall–Kier alpha value is -0.000000000000000111. The highest BCUT2D eigenvalue weighted by molar-refractivity contribution is 9.11. The van der Waals surface area contributed by atoms with Crippen LogP contribution in [0.1, 0.15) is 12.5 Å². The van der Waals surface area contributed by atoms with Gasteiger partial charge in [-0.2, -0.15) is 12.6 Å². The SMILES string of the molecule is CC(S)C(=O)N(C)Cc1csc(Br)c1. The summed E-state index contributed by atoms with van der Waals surface area (Å²) in [6.07, 6.45) is 0. The van der Waals surface area contributed by atoms with Crippen molar-refractivity contribution < 1.29 is 4.79 Å². The van der Waals surface area contributed by atoms with Gasteiger partial charge < -0.3 is 4.90 Å². The average molecular weight is 294 g/mol. The molecule has 0 aromatic carbocycles. The first kappa shape index (κ1) is 12.1. The molecule has 0 spiro atoms. The fourth-order valence-electron chi connectivity index (χ4n) is 1.10. The van der Waals surface area contributed by atoms with E-state index in [0.29, 0.717) is 6.54 Å². The van der Waals surface area contributed by atoms with Crippen molar-refractivity contribution in [1.82, 2.24) is 4.90 Å². The van der Waals surface area contributed by atoms with Crippen molar-refractivity contribution in [2.45, 2.75) is 18.7 Å². The van der Waals surface area contributed by atoms with Gasteiger partial charge in [-0.15, -0.1) is 11.3 Å². The Morgan fingerprint density at radius 3 is 2.86 bits per heavy atom. The van der Waals surface area contributed by atoms with E-state index in [2.05, 4.69) is 28.6 Å². The summed E-state index contributed by atoms with van der Waals surface area (Å²) in [5.41, 5.74) is 1.15. The van der Waals surface area contributed by atoms with Crippen molar-refractivity contribution in [3.63, 3.8) is 0 Å². The second kappa shape index (κ2) is 5.19. The number of hydrogen-bond donors (Lipinski definition) is 1. The largest absolute Gasteiger partial charge is 0.340 e. The molecule has 0 aliphatic rings. The van der Waals surface area contributed by atoms with E-state index in [0.717, 1.165) is 9.35 Å². The average Bonchev–Trinajstić information content (AvgIpc) is 2.49. The van der Waals surface area contributed by atoms with Crippen molar-refractivity contribution in [2.75, 3.05) is 7.05 Å². The zero-order valence-electron chi connectivity index (χ0n) is 8.03. The van der Waals surface area contributed by atoms with Gasteiger partial charge in [0, 0.05) is 13.6 Å². The lowest BCUT2D eigenvalue weighted by atomic mass is 10.3. The number of hydrogen-bond acceptors (Lipinski definition) is 3. The maximum Gasteiger partial charge on any atom is 0.235 e. The summed E-state index contributed by atoms with van der Waals surface area (Å²) in [4.78, 5) is 13.2. The van der Waals surface area contributed by atoms with Crippen LogP contribution in [-0.2, 0) is 11.3 Å². The van der Waals surface area contributed by atoms with Crippen molar-refractivity contribution >= 4 is 45.8 Å². The Balaban J connectivity index is 2.57. The number of carbonyl (C=O) groups excluding carboxylic acids is 1. The molecular formula is C9H12BrNOS2. The number of rotatable bonds is 3. The smallest absolute Gasteiger partial charge is 0.235 e. The maximum atomic E-state index is 11.5. The van der Waals surface area contributed by atoms with Crippen LogP contribution in [0.3, 0.4) is 0 Å². The Kier molecular flexibility index (Phi) is 4.47. The zero-order valence-corrected chi connectivity index (χ0v) is 11.3. The quantitative estimate of drug-likeness (QED) is 0.850. The molecule has 0 saturated heterocycles. The van der Waals surface area contributed by atoms with E-state index in [9.17, 15) is 4.79 Å². The molecule has 2 nitrogen and oxygen atoms in total. The molecule has 1 aromatic heterocycles. The highest BCUT2D eigenvalue weighted by atomic mass is 79.9. The third-order valence-electron chi connectivity index (χ3n) is 1.78. The molecule has 1 heterocycles. The van der Waals surface area contributed by atoms with Crippen molar-refractivity contribution in [1.29, 1.82) is 0 Å². The molecule has 0 bridgehead atoms. The van der Waals surface area contributed by atoms with Crippen molar-refractivity contribution in [2.24, 2.45) is 0 Å². The monoisotopic (exact) mass is 293 g/mol. The minimum Gasteiger partial charge on any atom is -0.340 e. The van der Waals surface area contributed by atoms with Gasteiger partial charge in [0.25, 0.3) is 0 Å². The lowest BCUT2D eigenvalue weighted by Crippen LogP contribution is -2.31. The molecule has 1 unspecified atom stereocenters. The van der Waals surface area contributed by atoms with Gasteiger partial charge in [0.05, 0.1) is 9.04 Å². The Morgan fingerprint density at radius 2 is 2.43 bits per heavy atom. The first-order valence-corrected chi connectivity index (χ1v) is 6.35. The Labute approximate surface area is 102 Å². The normalized spacial score (nSPS) is 12.6. The van der Waals surface area contributed by atoms with Gasteiger partial charge in [-0.25, -0.2) is 0 Å². The first-order valence-electron chi connectivity index (χ1n) is 4.16. The summed E-state index contributed by atoms with van der Waals surface area (Å²) in [5, 5.41) is 1.80. The molecule has 1 rings (SSSR count). The van der Waals surface area contributed by atoms with Crippen LogP contribution in [0.2, 0.25) is 0 Å². The highest BCUT2D eigenvalue weighted by Crippen LogP contribution is 2.21. The van der Waals surface area contributed by atoms with Gasteiger partial charge in [0.2, 0.25) is 5.91 Å². The molecule has 0 fully saturated rings. The standard InChI is InChI=1S/C9H12BrNOS2/c1-6(13)9(12)11(2)4-7-3-8(10)14-5-7/h3,5-6,13H,4H2,1-2H3. The summed E-state index contributed by atoms with van der Waals surface area (Å²) < 4.78 is 1.09. The third kappa shape index (κ3) is 3.29. The minimum absolute atomic E-state index is 0.0515. The number of amides is 1. The van der Waals surface area contributed by atoms with Crippen LogP contribution in [-0.4, -0.2) is 23.1 Å². The molecule has 5 heteroatoms.